The highest BCUT2D eigenvalue weighted by molar-refractivity contribution is 5.93. The summed E-state index contributed by atoms with van der Waals surface area (Å²) in [4.78, 5) is 23.1. The van der Waals surface area contributed by atoms with Gasteiger partial charge in [0.15, 0.2) is 0 Å². The lowest BCUT2D eigenvalue weighted by Crippen LogP contribution is -2.40. The number of hydrogen-bond donors (Lipinski definition) is 4. The van der Waals surface area contributed by atoms with Crippen molar-refractivity contribution in [3.05, 3.63) is 23.9 Å². The van der Waals surface area contributed by atoms with Crippen molar-refractivity contribution in [1.82, 2.24) is 15.5 Å². The molecule has 7 heteroatoms. The van der Waals surface area contributed by atoms with Gasteiger partial charge in [-0.2, -0.15) is 5.10 Å². The lowest BCUT2D eigenvalue weighted by molar-refractivity contribution is -0.142. The third-order valence-corrected chi connectivity index (χ3v) is 4.44. The first kappa shape index (κ1) is 15.3. The predicted molar refractivity (Wildman–Crippen MR) is 86.4 cm³/mol. The lowest BCUT2D eigenvalue weighted by Gasteiger charge is -2.26. The minimum absolute atomic E-state index is 0.0302. The van der Waals surface area contributed by atoms with E-state index in [1.807, 2.05) is 19.1 Å². The fourth-order valence-corrected chi connectivity index (χ4v) is 3.14. The quantitative estimate of drug-likeness (QED) is 0.698. The van der Waals surface area contributed by atoms with E-state index in [0.29, 0.717) is 31.4 Å². The number of nitrogens with zero attached hydrogens (tertiary/aromatic N) is 1. The van der Waals surface area contributed by atoms with Crippen LogP contribution in [-0.2, 0) is 4.79 Å². The van der Waals surface area contributed by atoms with Crippen LogP contribution in [0, 0.1) is 12.8 Å². The summed E-state index contributed by atoms with van der Waals surface area (Å²) in [5, 5.41) is 22.7. The number of nitrogens with one attached hydrogen (secondary N) is 3. The summed E-state index contributed by atoms with van der Waals surface area (Å²) in [6.07, 6.45) is 4.38. The first-order valence-corrected chi connectivity index (χ1v) is 7.77. The number of rotatable bonds is 3. The highest BCUT2D eigenvalue weighted by atomic mass is 16.4. The van der Waals surface area contributed by atoms with Crippen molar-refractivity contribution in [3.8, 4) is 0 Å². The van der Waals surface area contributed by atoms with Gasteiger partial charge in [-0.05, 0) is 50.3 Å². The standard InChI is InChI=1S/C16H20N4O3/c1-9-6-12(7-14-13(9)8-17-20-14)19-16(23)18-11-4-2-10(3-5-11)15(21)22/h6-8,10-11H,2-5H2,1H3,(H,17,20)(H,21,22)(H2,18,19,23). The molecule has 1 aliphatic rings. The number of carbonyl (C=O) groups excluding carboxylic acids is 1. The summed E-state index contributed by atoms with van der Waals surface area (Å²) in [7, 11) is 0. The second-order valence-electron chi connectivity index (χ2n) is 6.11. The van der Waals surface area contributed by atoms with E-state index in [4.69, 9.17) is 5.11 Å². The molecule has 0 atom stereocenters. The van der Waals surface area contributed by atoms with Crippen molar-refractivity contribution in [2.24, 2.45) is 5.92 Å². The van der Waals surface area contributed by atoms with Gasteiger partial charge in [-0.25, -0.2) is 4.79 Å². The average molecular weight is 316 g/mol. The van der Waals surface area contributed by atoms with Gasteiger partial charge in [0, 0.05) is 17.1 Å². The van der Waals surface area contributed by atoms with E-state index < -0.39 is 5.97 Å². The summed E-state index contributed by atoms with van der Waals surface area (Å²) in [6.45, 7) is 1.97. The molecular formula is C16H20N4O3. The number of amides is 2. The molecule has 7 nitrogen and oxygen atoms in total. The van der Waals surface area contributed by atoms with Crippen LogP contribution < -0.4 is 10.6 Å². The van der Waals surface area contributed by atoms with Crippen molar-refractivity contribution >= 4 is 28.6 Å². The van der Waals surface area contributed by atoms with Crippen molar-refractivity contribution < 1.29 is 14.7 Å². The molecule has 0 spiro atoms. The molecule has 1 heterocycles. The number of hydrogen-bond acceptors (Lipinski definition) is 3. The van der Waals surface area contributed by atoms with E-state index in [0.717, 1.165) is 16.5 Å². The summed E-state index contributed by atoms with van der Waals surface area (Å²) in [6, 6.07) is 3.51. The van der Waals surface area contributed by atoms with Crippen molar-refractivity contribution in [2.45, 2.75) is 38.6 Å². The summed E-state index contributed by atoms with van der Waals surface area (Å²) < 4.78 is 0. The lowest BCUT2D eigenvalue weighted by atomic mass is 9.86. The third-order valence-electron chi connectivity index (χ3n) is 4.44. The topological polar surface area (TPSA) is 107 Å². The molecule has 122 valence electrons. The second kappa shape index (κ2) is 6.28. The number of benzene rings is 1. The van der Waals surface area contributed by atoms with Gasteiger partial charge in [0.2, 0.25) is 0 Å². The molecule has 1 aromatic heterocycles. The Morgan fingerprint density at radius 2 is 2.00 bits per heavy atom. The largest absolute Gasteiger partial charge is 0.481 e. The fraction of sp³-hybridized carbons (Fsp3) is 0.438. The minimum atomic E-state index is -0.740. The second-order valence-corrected chi connectivity index (χ2v) is 6.11. The van der Waals surface area contributed by atoms with Gasteiger partial charge in [0.1, 0.15) is 0 Å². The molecule has 1 aromatic carbocycles. The van der Waals surface area contributed by atoms with Crippen LogP contribution in [0.2, 0.25) is 0 Å². The molecule has 3 rings (SSSR count). The van der Waals surface area contributed by atoms with Gasteiger partial charge in [-0.3, -0.25) is 9.89 Å². The smallest absolute Gasteiger partial charge is 0.319 e. The van der Waals surface area contributed by atoms with Crippen LogP contribution in [0.15, 0.2) is 18.3 Å². The van der Waals surface area contributed by atoms with Gasteiger partial charge in [-0.15, -0.1) is 0 Å². The summed E-state index contributed by atoms with van der Waals surface area (Å²) >= 11 is 0. The maximum Gasteiger partial charge on any atom is 0.319 e. The Hall–Kier alpha value is -2.57. The number of aryl methyl sites for hydroxylation is 1. The zero-order valence-corrected chi connectivity index (χ0v) is 12.9. The number of aromatic amines is 1. The monoisotopic (exact) mass is 316 g/mol. The normalized spacial score (nSPS) is 21.1. The van der Waals surface area contributed by atoms with E-state index in [1.54, 1.807) is 6.20 Å². The van der Waals surface area contributed by atoms with E-state index >= 15 is 0 Å². The average Bonchev–Trinajstić information content (AvgIpc) is 2.96. The third kappa shape index (κ3) is 3.44. The number of carboxylic acids is 1. The van der Waals surface area contributed by atoms with Crippen molar-refractivity contribution in [1.29, 1.82) is 0 Å². The van der Waals surface area contributed by atoms with E-state index in [2.05, 4.69) is 20.8 Å². The van der Waals surface area contributed by atoms with E-state index in [9.17, 15) is 9.59 Å². The SMILES string of the molecule is Cc1cc(NC(=O)NC2CCC(C(=O)O)CC2)cc2[nH]ncc12. The number of carboxylic acid groups (broad SMARTS) is 1. The number of fused-ring (bicyclic) bond motifs is 1. The van der Waals surface area contributed by atoms with Gasteiger partial charge in [0.25, 0.3) is 0 Å². The molecule has 23 heavy (non-hydrogen) atoms. The molecule has 1 fully saturated rings. The first-order chi connectivity index (χ1) is 11.0. The van der Waals surface area contributed by atoms with Gasteiger partial charge in [-0.1, -0.05) is 0 Å². The predicted octanol–water partition coefficient (Wildman–Crippen LogP) is 2.64. The van der Waals surface area contributed by atoms with Crippen LogP contribution in [0.1, 0.15) is 31.2 Å². The molecule has 0 aliphatic heterocycles. The van der Waals surface area contributed by atoms with Crippen LogP contribution in [0.3, 0.4) is 0 Å². The van der Waals surface area contributed by atoms with Crippen LogP contribution in [0.5, 0.6) is 0 Å². The van der Waals surface area contributed by atoms with Gasteiger partial charge >= 0.3 is 12.0 Å². The summed E-state index contributed by atoms with van der Waals surface area (Å²) in [5.74, 6) is -1.02. The zero-order chi connectivity index (χ0) is 16.4. The zero-order valence-electron chi connectivity index (χ0n) is 12.9. The highest BCUT2D eigenvalue weighted by Crippen LogP contribution is 2.25. The number of aromatic nitrogens is 2. The number of H-pyrrole nitrogens is 1. The Balaban J connectivity index is 1.57. The Bertz CT molecular complexity index is 732. The molecule has 0 radical (unpaired) electrons. The summed E-state index contributed by atoms with van der Waals surface area (Å²) in [5.41, 5.74) is 2.62. The van der Waals surface area contributed by atoms with Crippen LogP contribution >= 0.6 is 0 Å². The van der Waals surface area contributed by atoms with E-state index in [-0.39, 0.29) is 18.0 Å². The molecule has 4 N–H and O–H groups in total. The minimum Gasteiger partial charge on any atom is -0.481 e. The number of carbonyl (C=O) groups is 2. The Morgan fingerprint density at radius 3 is 2.70 bits per heavy atom. The highest BCUT2D eigenvalue weighted by Gasteiger charge is 2.26. The van der Waals surface area contributed by atoms with Crippen LogP contribution in [-0.4, -0.2) is 33.3 Å². The molecular weight excluding hydrogens is 296 g/mol. The molecule has 2 aromatic rings. The molecule has 2 amide bonds. The Kier molecular flexibility index (Phi) is 4.18. The number of urea groups is 1. The molecule has 1 saturated carbocycles. The Labute approximate surface area is 133 Å². The first-order valence-electron chi connectivity index (χ1n) is 7.77. The molecule has 1 aliphatic carbocycles. The molecule has 0 unspecified atom stereocenters. The van der Waals surface area contributed by atoms with E-state index in [1.165, 1.54) is 0 Å². The number of aliphatic carboxylic acids is 1. The van der Waals surface area contributed by atoms with Crippen LogP contribution in [0.25, 0.3) is 10.9 Å². The van der Waals surface area contributed by atoms with Crippen molar-refractivity contribution in [3.63, 3.8) is 0 Å². The van der Waals surface area contributed by atoms with Gasteiger partial charge in [0.05, 0.1) is 17.6 Å². The number of anilines is 1. The molecule has 0 saturated heterocycles. The van der Waals surface area contributed by atoms with Crippen LogP contribution in [0.4, 0.5) is 10.5 Å². The van der Waals surface area contributed by atoms with Crippen molar-refractivity contribution in [2.75, 3.05) is 5.32 Å². The van der Waals surface area contributed by atoms with Gasteiger partial charge < -0.3 is 15.7 Å². The molecule has 0 bridgehead atoms. The maximum atomic E-state index is 12.1. The Morgan fingerprint density at radius 1 is 1.26 bits per heavy atom. The fourth-order valence-electron chi connectivity index (χ4n) is 3.14. The maximum absolute atomic E-state index is 12.1.